The van der Waals surface area contributed by atoms with Gasteiger partial charge in [0, 0.05) is 14.4 Å². The van der Waals surface area contributed by atoms with Crippen LogP contribution in [-0.2, 0) is 5.41 Å². The van der Waals surface area contributed by atoms with Gasteiger partial charge in [-0.25, -0.2) is 0 Å². The lowest BCUT2D eigenvalue weighted by Crippen LogP contribution is -2.18. The van der Waals surface area contributed by atoms with Crippen LogP contribution >= 0.6 is 31.9 Å². The Morgan fingerprint density at radius 1 is 0.545 bits per heavy atom. The maximum absolute atomic E-state index is 6.09. The summed E-state index contributed by atoms with van der Waals surface area (Å²) < 4.78 is 14.3. The van der Waals surface area contributed by atoms with Gasteiger partial charge in [0.2, 0.25) is 0 Å². The van der Waals surface area contributed by atoms with Gasteiger partial charge in [0.1, 0.15) is 23.0 Å². The van der Waals surface area contributed by atoms with Crippen molar-refractivity contribution < 1.29 is 9.47 Å². The first-order valence-corrected chi connectivity index (χ1v) is 12.4. The molecule has 0 atom stereocenters. The standard InChI is InChI=1S/C29H26Br2O2/c1-19-17-23(30)9-15-27(19)32-25-11-5-21(6-12-25)29(3,4)22-7-13-26(14-8-22)33-28-16-10-24(31)18-20(28)2/h5-18H,1-4H3. The molecular weight excluding hydrogens is 540 g/mol. The number of aryl methyl sites for hydroxylation is 2. The van der Waals surface area contributed by atoms with Gasteiger partial charge in [0.25, 0.3) is 0 Å². The van der Waals surface area contributed by atoms with Gasteiger partial charge in [0.05, 0.1) is 0 Å². The van der Waals surface area contributed by atoms with Crippen molar-refractivity contribution in [1.82, 2.24) is 0 Å². The van der Waals surface area contributed by atoms with E-state index in [1.807, 2.05) is 62.4 Å². The Balaban J connectivity index is 1.49. The fourth-order valence-corrected chi connectivity index (χ4v) is 4.71. The molecule has 2 nitrogen and oxygen atoms in total. The molecule has 0 unspecified atom stereocenters. The van der Waals surface area contributed by atoms with Crippen LogP contribution < -0.4 is 9.47 Å². The molecular formula is C29H26Br2O2. The molecule has 0 bridgehead atoms. The highest BCUT2D eigenvalue weighted by Crippen LogP contribution is 2.35. The minimum atomic E-state index is -0.155. The fraction of sp³-hybridized carbons (Fsp3) is 0.172. The zero-order valence-electron chi connectivity index (χ0n) is 19.2. The first kappa shape index (κ1) is 23.6. The minimum absolute atomic E-state index is 0.155. The van der Waals surface area contributed by atoms with Crippen LogP contribution in [0.1, 0.15) is 36.1 Å². The van der Waals surface area contributed by atoms with E-state index in [0.29, 0.717) is 0 Å². The summed E-state index contributed by atoms with van der Waals surface area (Å²) >= 11 is 6.99. The van der Waals surface area contributed by atoms with Gasteiger partial charge in [-0.1, -0.05) is 70.0 Å². The first-order valence-electron chi connectivity index (χ1n) is 10.8. The second kappa shape index (κ2) is 9.74. The molecule has 0 amide bonds. The van der Waals surface area contributed by atoms with Gasteiger partial charge in [-0.3, -0.25) is 0 Å². The number of benzene rings is 4. The van der Waals surface area contributed by atoms with Crippen molar-refractivity contribution in [2.45, 2.75) is 33.1 Å². The molecule has 0 aliphatic rings. The van der Waals surface area contributed by atoms with E-state index < -0.39 is 0 Å². The number of hydrogen-bond acceptors (Lipinski definition) is 2. The van der Waals surface area contributed by atoms with Crippen LogP contribution in [0.4, 0.5) is 0 Å². The summed E-state index contributed by atoms with van der Waals surface area (Å²) in [6.07, 6.45) is 0. The van der Waals surface area contributed by atoms with Crippen molar-refractivity contribution >= 4 is 31.9 Å². The summed E-state index contributed by atoms with van der Waals surface area (Å²) in [6.45, 7) is 8.55. The monoisotopic (exact) mass is 564 g/mol. The molecule has 0 saturated heterocycles. The van der Waals surface area contributed by atoms with Crippen molar-refractivity contribution in [3.05, 3.63) is 116 Å². The maximum atomic E-state index is 6.09. The molecule has 0 aliphatic heterocycles. The lowest BCUT2D eigenvalue weighted by Gasteiger charge is -2.26. The lowest BCUT2D eigenvalue weighted by atomic mass is 9.78. The number of hydrogen-bond donors (Lipinski definition) is 0. The van der Waals surface area contributed by atoms with Crippen molar-refractivity contribution in [2.75, 3.05) is 0 Å². The van der Waals surface area contributed by atoms with E-state index in [2.05, 4.69) is 82.1 Å². The zero-order valence-corrected chi connectivity index (χ0v) is 22.3. The topological polar surface area (TPSA) is 18.5 Å². The number of halogens is 2. The Labute approximate surface area is 212 Å². The Bertz CT molecular complexity index is 1160. The second-order valence-electron chi connectivity index (χ2n) is 8.70. The van der Waals surface area contributed by atoms with Crippen molar-refractivity contribution in [1.29, 1.82) is 0 Å². The van der Waals surface area contributed by atoms with E-state index in [-0.39, 0.29) is 5.41 Å². The largest absolute Gasteiger partial charge is 0.457 e. The fourth-order valence-electron chi connectivity index (χ4n) is 3.75. The summed E-state index contributed by atoms with van der Waals surface area (Å²) in [6, 6.07) is 28.7. The molecule has 168 valence electrons. The second-order valence-corrected chi connectivity index (χ2v) is 10.5. The molecule has 0 N–H and O–H groups in total. The molecule has 0 spiro atoms. The van der Waals surface area contributed by atoms with E-state index in [1.165, 1.54) is 11.1 Å². The first-order chi connectivity index (χ1) is 15.7. The zero-order chi connectivity index (χ0) is 23.6. The van der Waals surface area contributed by atoms with Crippen molar-refractivity contribution in [3.8, 4) is 23.0 Å². The predicted molar refractivity (Wildman–Crippen MR) is 143 cm³/mol. The van der Waals surface area contributed by atoms with Crippen molar-refractivity contribution in [3.63, 3.8) is 0 Å². The number of rotatable bonds is 6. The van der Waals surface area contributed by atoms with E-state index >= 15 is 0 Å². The predicted octanol–water partition coefficient (Wildman–Crippen LogP) is 9.74. The Morgan fingerprint density at radius 2 is 0.909 bits per heavy atom. The molecule has 0 radical (unpaired) electrons. The minimum Gasteiger partial charge on any atom is -0.457 e. The van der Waals surface area contributed by atoms with Gasteiger partial charge in [-0.05, 0) is 96.8 Å². The Hall–Kier alpha value is -2.56. The van der Waals surface area contributed by atoms with Gasteiger partial charge in [-0.15, -0.1) is 0 Å². The Kier molecular flexibility index (Phi) is 6.96. The van der Waals surface area contributed by atoms with Crippen LogP contribution in [0.25, 0.3) is 0 Å². The Morgan fingerprint density at radius 3 is 1.24 bits per heavy atom. The third kappa shape index (κ3) is 5.51. The summed E-state index contributed by atoms with van der Waals surface area (Å²) in [4.78, 5) is 0. The third-order valence-corrected chi connectivity index (χ3v) is 6.87. The highest BCUT2D eigenvalue weighted by atomic mass is 79.9. The maximum Gasteiger partial charge on any atom is 0.130 e. The molecule has 0 aromatic heterocycles. The lowest BCUT2D eigenvalue weighted by molar-refractivity contribution is 0.477. The average Bonchev–Trinajstić information content (AvgIpc) is 2.78. The van der Waals surface area contributed by atoms with Crippen LogP contribution in [0.15, 0.2) is 93.9 Å². The smallest absolute Gasteiger partial charge is 0.130 e. The van der Waals surface area contributed by atoms with E-state index in [0.717, 1.165) is 43.1 Å². The molecule has 4 heteroatoms. The number of ether oxygens (including phenoxy) is 2. The summed E-state index contributed by atoms with van der Waals surface area (Å²) in [5.41, 5.74) is 4.47. The van der Waals surface area contributed by atoms with Gasteiger partial charge in [0.15, 0.2) is 0 Å². The van der Waals surface area contributed by atoms with E-state index in [1.54, 1.807) is 0 Å². The van der Waals surface area contributed by atoms with Crippen LogP contribution in [0.5, 0.6) is 23.0 Å². The van der Waals surface area contributed by atoms with Crippen molar-refractivity contribution in [2.24, 2.45) is 0 Å². The molecule has 33 heavy (non-hydrogen) atoms. The summed E-state index contributed by atoms with van der Waals surface area (Å²) in [7, 11) is 0. The van der Waals surface area contributed by atoms with Gasteiger partial charge < -0.3 is 9.47 Å². The summed E-state index contributed by atoms with van der Waals surface area (Å²) in [5.74, 6) is 3.38. The van der Waals surface area contributed by atoms with E-state index in [9.17, 15) is 0 Å². The van der Waals surface area contributed by atoms with Gasteiger partial charge >= 0.3 is 0 Å². The van der Waals surface area contributed by atoms with Crippen LogP contribution in [0.2, 0.25) is 0 Å². The third-order valence-electron chi connectivity index (χ3n) is 5.88. The molecule has 4 aromatic rings. The average molecular weight is 566 g/mol. The van der Waals surface area contributed by atoms with Crippen LogP contribution in [0.3, 0.4) is 0 Å². The van der Waals surface area contributed by atoms with Crippen LogP contribution in [-0.4, -0.2) is 0 Å². The highest BCUT2D eigenvalue weighted by molar-refractivity contribution is 9.10. The van der Waals surface area contributed by atoms with E-state index in [4.69, 9.17) is 9.47 Å². The van der Waals surface area contributed by atoms with Crippen LogP contribution in [0, 0.1) is 13.8 Å². The van der Waals surface area contributed by atoms with Gasteiger partial charge in [-0.2, -0.15) is 0 Å². The normalized spacial score (nSPS) is 11.3. The quantitative estimate of drug-likeness (QED) is 0.231. The highest BCUT2D eigenvalue weighted by Gasteiger charge is 2.23. The molecule has 0 fully saturated rings. The molecule has 4 aromatic carbocycles. The molecule has 4 rings (SSSR count). The SMILES string of the molecule is Cc1cc(Br)ccc1Oc1ccc(C(C)(C)c2ccc(Oc3ccc(Br)cc3C)cc2)cc1. The summed E-state index contributed by atoms with van der Waals surface area (Å²) in [5, 5.41) is 0. The molecule has 0 aliphatic carbocycles. The molecule has 0 heterocycles. The molecule has 0 saturated carbocycles.